The number of fused-ring (bicyclic) bond motifs is 3. The predicted octanol–water partition coefficient (Wildman–Crippen LogP) is 3.79. The van der Waals surface area contributed by atoms with Gasteiger partial charge in [-0.15, -0.1) is 11.3 Å². The lowest BCUT2D eigenvalue weighted by Gasteiger charge is -2.18. The summed E-state index contributed by atoms with van der Waals surface area (Å²) in [5.74, 6) is -1.87. The van der Waals surface area contributed by atoms with Crippen molar-refractivity contribution in [3.8, 4) is 11.1 Å². The smallest absolute Gasteiger partial charge is 0.407 e. The Bertz CT molecular complexity index is 1100. The molecule has 0 spiro atoms. The average Bonchev–Trinajstić information content (AvgIpc) is 3.43. The van der Waals surface area contributed by atoms with Crippen LogP contribution in [0.25, 0.3) is 11.1 Å². The monoisotopic (exact) mass is 464 g/mol. The maximum absolute atomic E-state index is 12.5. The molecule has 0 radical (unpaired) electrons. The van der Waals surface area contributed by atoms with Crippen molar-refractivity contribution in [2.45, 2.75) is 24.8 Å². The first kappa shape index (κ1) is 22.5. The van der Waals surface area contributed by atoms with Gasteiger partial charge in [0.25, 0.3) is 0 Å². The number of carbonyl (C=O) groups is 3. The van der Waals surface area contributed by atoms with Crippen LogP contribution in [0.2, 0.25) is 0 Å². The number of nitrogens with one attached hydrogen (secondary N) is 2. The quantitative estimate of drug-likeness (QED) is 0.447. The zero-order chi connectivity index (χ0) is 23.2. The first-order valence-corrected chi connectivity index (χ1v) is 11.5. The molecule has 0 fully saturated rings. The summed E-state index contributed by atoms with van der Waals surface area (Å²) in [6.45, 7) is 0.432. The van der Waals surface area contributed by atoms with Crippen LogP contribution in [0.4, 0.5) is 4.79 Å². The van der Waals surface area contributed by atoms with E-state index in [0.29, 0.717) is 13.0 Å². The summed E-state index contributed by atoms with van der Waals surface area (Å²) in [4.78, 5) is 37.3. The van der Waals surface area contributed by atoms with Crippen molar-refractivity contribution in [3.63, 3.8) is 0 Å². The van der Waals surface area contributed by atoms with Crippen molar-refractivity contribution in [1.82, 2.24) is 10.6 Å². The van der Waals surface area contributed by atoms with Gasteiger partial charge in [0.05, 0.1) is 6.42 Å². The molecule has 2 aromatic carbocycles. The number of rotatable bonds is 9. The SMILES string of the molecule is O=C(O)CC(NC(=O)OCC1c2ccccc2-c2ccccc21)C(=O)NCCc1cccs1. The van der Waals surface area contributed by atoms with Gasteiger partial charge in [-0.05, 0) is 40.1 Å². The van der Waals surface area contributed by atoms with Gasteiger partial charge in [-0.1, -0.05) is 54.6 Å². The highest BCUT2D eigenvalue weighted by atomic mass is 32.1. The number of alkyl carbamates (subject to hydrolysis) is 1. The van der Waals surface area contributed by atoms with Gasteiger partial charge in [-0.2, -0.15) is 0 Å². The molecule has 170 valence electrons. The molecule has 4 rings (SSSR count). The second-order valence-electron chi connectivity index (χ2n) is 7.74. The third kappa shape index (κ3) is 5.40. The number of benzene rings is 2. The molecule has 1 aromatic heterocycles. The van der Waals surface area contributed by atoms with E-state index in [-0.39, 0.29) is 12.5 Å². The number of hydrogen-bond acceptors (Lipinski definition) is 5. The normalized spacial score (nSPS) is 13.0. The average molecular weight is 465 g/mol. The van der Waals surface area contributed by atoms with Gasteiger partial charge in [-0.3, -0.25) is 9.59 Å². The Hall–Kier alpha value is -3.65. The summed E-state index contributed by atoms with van der Waals surface area (Å²) in [6.07, 6.45) is -0.722. The summed E-state index contributed by atoms with van der Waals surface area (Å²) < 4.78 is 5.44. The van der Waals surface area contributed by atoms with E-state index in [0.717, 1.165) is 27.1 Å². The standard InChI is InChI=1S/C25H24N2O5S/c28-23(29)14-22(24(30)26-12-11-16-6-5-13-33-16)27-25(31)32-15-21-19-9-3-1-7-17(19)18-8-2-4-10-20(18)21/h1-10,13,21-22H,11-12,14-15H2,(H,26,30)(H,27,31)(H,28,29). The lowest BCUT2D eigenvalue weighted by Crippen LogP contribution is -2.48. The Morgan fingerprint density at radius 2 is 1.64 bits per heavy atom. The topological polar surface area (TPSA) is 105 Å². The first-order chi connectivity index (χ1) is 16.0. The lowest BCUT2D eigenvalue weighted by molar-refractivity contribution is -0.139. The number of ether oxygens (including phenoxy) is 1. The number of thiophene rings is 1. The van der Waals surface area contributed by atoms with Crippen LogP contribution in [0.1, 0.15) is 28.3 Å². The van der Waals surface area contributed by atoms with E-state index in [1.54, 1.807) is 11.3 Å². The van der Waals surface area contributed by atoms with Gasteiger partial charge in [0, 0.05) is 17.3 Å². The highest BCUT2D eigenvalue weighted by molar-refractivity contribution is 7.09. The molecule has 33 heavy (non-hydrogen) atoms. The highest BCUT2D eigenvalue weighted by Crippen LogP contribution is 2.44. The van der Waals surface area contributed by atoms with Crippen LogP contribution >= 0.6 is 11.3 Å². The number of hydrogen-bond donors (Lipinski definition) is 3. The van der Waals surface area contributed by atoms with Gasteiger partial charge >= 0.3 is 12.1 Å². The van der Waals surface area contributed by atoms with Gasteiger partial charge in [0.15, 0.2) is 0 Å². The fraction of sp³-hybridized carbons (Fsp3) is 0.240. The molecule has 1 aliphatic rings. The zero-order valence-electron chi connectivity index (χ0n) is 17.8. The van der Waals surface area contributed by atoms with Gasteiger partial charge < -0.3 is 20.5 Å². The largest absolute Gasteiger partial charge is 0.481 e. The predicted molar refractivity (Wildman–Crippen MR) is 125 cm³/mol. The van der Waals surface area contributed by atoms with Crippen molar-refractivity contribution >= 4 is 29.3 Å². The maximum atomic E-state index is 12.5. The van der Waals surface area contributed by atoms with E-state index in [1.165, 1.54) is 0 Å². The molecule has 8 heteroatoms. The minimum Gasteiger partial charge on any atom is -0.481 e. The van der Waals surface area contributed by atoms with Gasteiger partial charge in [0.2, 0.25) is 5.91 Å². The summed E-state index contributed by atoms with van der Waals surface area (Å²) in [5.41, 5.74) is 4.35. The first-order valence-electron chi connectivity index (χ1n) is 10.7. The molecular formula is C25H24N2O5S. The molecule has 0 bridgehead atoms. The van der Waals surface area contributed by atoms with E-state index in [1.807, 2.05) is 66.0 Å². The minimum atomic E-state index is -1.22. The van der Waals surface area contributed by atoms with Gasteiger partial charge in [0.1, 0.15) is 12.6 Å². The summed E-state index contributed by atoms with van der Waals surface area (Å²) in [6, 6.07) is 18.6. The fourth-order valence-corrected chi connectivity index (χ4v) is 4.76. The Labute approximate surface area is 195 Å². The second kappa shape index (κ2) is 10.3. The van der Waals surface area contributed by atoms with Crippen molar-refractivity contribution in [2.24, 2.45) is 0 Å². The van der Waals surface area contributed by atoms with Crippen molar-refractivity contribution < 1.29 is 24.2 Å². The Balaban J connectivity index is 1.35. The van der Waals surface area contributed by atoms with Crippen LogP contribution in [0.3, 0.4) is 0 Å². The minimum absolute atomic E-state index is 0.0830. The third-order valence-electron chi connectivity index (χ3n) is 5.58. The van der Waals surface area contributed by atoms with E-state index < -0.39 is 30.4 Å². The van der Waals surface area contributed by atoms with E-state index in [9.17, 15) is 19.5 Å². The highest BCUT2D eigenvalue weighted by Gasteiger charge is 2.30. The lowest BCUT2D eigenvalue weighted by atomic mass is 9.98. The Kier molecular flexibility index (Phi) is 7.04. The molecule has 1 atom stereocenters. The van der Waals surface area contributed by atoms with Crippen LogP contribution in [-0.2, 0) is 20.7 Å². The van der Waals surface area contributed by atoms with Gasteiger partial charge in [-0.25, -0.2) is 4.79 Å². The van der Waals surface area contributed by atoms with Crippen LogP contribution in [0, 0.1) is 0 Å². The molecular weight excluding hydrogens is 440 g/mol. The Morgan fingerprint density at radius 3 is 2.24 bits per heavy atom. The summed E-state index contributed by atoms with van der Waals surface area (Å²) in [5, 5.41) is 16.2. The molecule has 1 heterocycles. The molecule has 7 nitrogen and oxygen atoms in total. The second-order valence-corrected chi connectivity index (χ2v) is 8.77. The van der Waals surface area contributed by atoms with E-state index in [2.05, 4.69) is 10.6 Å². The van der Waals surface area contributed by atoms with Crippen molar-refractivity contribution in [3.05, 3.63) is 82.0 Å². The molecule has 3 aromatic rings. The number of carbonyl (C=O) groups excluding carboxylic acids is 2. The number of carboxylic acids is 1. The summed E-state index contributed by atoms with van der Waals surface area (Å²) >= 11 is 1.58. The van der Waals surface area contributed by atoms with Crippen LogP contribution in [-0.4, -0.2) is 42.3 Å². The molecule has 0 aliphatic heterocycles. The van der Waals surface area contributed by atoms with E-state index in [4.69, 9.17) is 4.74 Å². The van der Waals surface area contributed by atoms with Crippen LogP contribution in [0.15, 0.2) is 66.0 Å². The molecule has 1 aliphatic carbocycles. The third-order valence-corrected chi connectivity index (χ3v) is 6.52. The molecule has 0 saturated heterocycles. The molecule has 3 N–H and O–H groups in total. The molecule has 2 amide bonds. The van der Waals surface area contributed by atoms with Crippen molar-refractivity contribution in [1.29, 1.82) is 0 Å². The summed E-state index contributed by atoms with van der Waals surface area (Å²) in [7, 11) is 0. The Morgan fingerprint density at radius 1 is 0.970 bits per heavy atom. The number of carboxylic acid groups (broad SMARTS) is 1. The molecule has 0 saturated carbocycles. The van der Waals surface area contributed by atoms with Crippen molar-refractivity contribution in [2.75, 3.05) is 13.2 Å². The fourth-order valence-electron chi connectivity index (χ4n) is 4.05. The number of amides is 2. The van der Waals surface area contributed by atoms with Crippen LogP contribution < -0.4 is 10.6 Å². The van der Waals surface area contributed by atoms with Crippen LogP contribution in [0.5, 0.6) is 0 Å². The zero-order valence-corrected chi connectivity index (χ0v) is 18.6. The molecule has 1 unspecified atom stereocenters. The maximum Gasteiger partial charge on any atom is 0.407 e. The van der Waals surface area contributed by atoms with E-state index >= 15 is 0 Å². The number of aliphatic carboxylic acids is 1.